The Balaban J connectivity index is 1.81. The van der Waals surface area contributed by atoms with Gasteiger partial charge in [-0.2, -0.15) is 0 Å². The number of nitrogens with zero attached hydrogens (tertiary/aromatic N) is 4. The number of carbonyl (C=O) groups is 1. The molecular weight excluding hydrogens is 324 g/mol. The predicted molar refractivity (Wildman–Crippen MR) is 103 cm³/mol. The molecule has 26 heavy (non-hydrogen) atoms. The third-order valence-electron chi connectivity index (χ3n) is 4.90. The van der Waals surface area contributed by atoms with Crippen molar-refractivity contribution >= 4 is 11.6 Å². The second kappa shape index (κ2) is 8.13. The molecule has 0 saturated heterocycles. The van der Waals surface area contributed by atoms with Crippen LogP contribution in [0.4, 0.5) is 0 Å². The molecule has 0 aliphatic rings. The lowest BCUT2D eigenvalue weighted by Gasteiger charge is -2.28. The fraction of sp³-hybridized carbons (Fsp3) is 0.381. The van der Waals surface area contributed by atoms with E-state index >= 15 is 0 Å². The molecular formula is C21H26N4O. The summed E-state index contributed by atoms with van der Waals surface area (Å²) in [5.41, 5.74) is 4.02. The van der Waals surface area contributed by atoms with Crippen LogP contribution < -0.4 is 0 Å². The van der Waals surface area contributed by atoms with Gasteiger partial charge in [0.05, 0.1) is 18.2 Å². The van der Waals surface area contributed by atoms with E-state index in [1.54, 1.807) is 12.4 Å². The summed E-state index contributed by atoms with van der Waals surface area (Å²) in [6, 6.07) is 8.05. The average molecular weight is 350 g/mol. The number of pyridine rings is 2. The van der Waals surface area contributed by atoms with Crippen LogP contribution in [0.15, 0.2) is 49.1 Å². The number of imidazole rings is 1. The number of fused-ring (bicyclic) bond motifs is 1. The molecule has 0 bridgehead atoms. The summed E-state index contributed by atoms with van der Waals surface area (Å²) in [5.74, 6) is 0.0956. The zero-order valence-corrected chi connectivity index (χ0v) is 15.7. The van der Waals surface area contributed by atoms with Gasteiger partial charge in [-0.1, -0.05) is 31.9 Å². The molecule has 5 heteroatoms. The van der Waals surface area contributed by atoms with Gasteiger partial charge in [-0.3, -0.25) is 9.78 Å². The highest BCUT2D eigenvalue weighted by Crippen LogP contribution is 2.25. The predicted octanol–water partition coefficient (Wildman–Crippen LogP) is 3.97. The molecule has 0 unspecified atom stereocenters. The Kier molecular flexibility index (Phi) is 5.66. The monoisotopic (exact) mass is 350 g/mol. The quantitative estimate of drug-likeness (QED) is 0.648. The largest absolute Gasteiger partial charge is 0.338 e. The van der Waals surface area contributed by atoms with E-state index < -0.39 is 0 Å². The normalized spacial score (nSPS) is 12.3. The van der Waals surface area contributed by atoms with Gasteiger partial charge in [0.1, 0.15) is 5.65 Å². The third-order valence-corrected chi connectivity index (χ3v) is 4.90. The topological polar surface area (TPSA) is 50.5 Å². The molecule has 1 atom stereocenters. The lowest BCUT2D eigenvalue weighted by atomic mass is 10.0. The van der Waals surface area contributed by atoms with E-state index in [1.807, 2.05) is 53.9 Å². The molecule has 0 spiro atoms. The van der Waals surface area contributed by atoms with Crippen molar-refractivity contribution in [1.82, 2.24) is 19.3 Å². The minimum Gasteiger partial charge on any atom is -0.338 e. The number of carbonyl (C=O) groups excluding carboxylic acids is 1. The Morgan fingerprint density at radius 2 is 2.12 bits per heavy atom. The summed E-state index contributed by atoms with van der Waals surface area (Å²) in [4.78, 5) is 23.5. The lowest BCUT2D eigenvalue weighted by molar-refractivity contribution is -0.131. The summed E-state index contributed by atoms with van der Waals surface area (Å²) in [7, 11) is 1.89. The molecule has 0 fully saturated rings. The molecule has 0 N–H and O–H groups in total. The number of likely N-dealkylation sites (N-methyl/N-ethyl adjacent to an activating group) is 1. The molecule has 5 nitrogen and oxygen atoms in total. The van der Waals surface area contributed by atoms with E-state index in [0.29, 0.717) is 6.42 Å². The van der Waals surface area contributed by atoms with Crippen molar-refractivity contribution in [2.75, 3.05) is 7.05 Å². The molecule has 0 aliphatic carbocycles. The maximum Gasteiger partial charge on any atom is 0.228 e. The second-order valence-corrected chi connectivity index (χ2v) is 6.76. The zero-order valence-electron chi connectivity index (χ0n) is 15.7. The third kappa shape index (κ3) is 3.77. The van der Waals surface area contributed by atoms with Gasteiger partial charge in [-0.05, 0) is 36.6 Å². The number of aryl methyl sites for hydroxylation is 1. The maximum absolute atomic E-state index is 13.0. The van der Waals surface area contributed by atoms with E-state index in [0.717, 1.165) is 41.7 Å². The first kappa shape index (κ1) is 18.1. The van der Waals surface area contributed by atoms with Gasteiger partial charge >= 0.3 is 0 Å². The van der Waals surface area contributed by atoms with Crippen LogP contribution in [0.1, 0.15) is 49.0 Å². The van der Waals surface area contributed by atoms with E-state index in [-0.39, 0.29) is 11.9 Å². The molecule has 0 aliphatic heterocycles. The molecule has 1 amide bonds. The number of aromatic nitrogens is 3. The smallest absolute Gasteiger partial charge is 0.228 e. The first-order valence-corrected chi connectivity index (χ1v) is 9.19. The van der Waals surface area contributed by atoms with Crippen molar-refractivity contribution in [1.29, 1.82) is 0 Å². The van der Waals surface area contributed by atoms with Crippen LogP contribution in [0, 0.1) is 6.92 Å². The van der Waals surface area contributed by atoms with Crippen molar-refractivity contribution in [3.8, 4) is 0 Å². The van der Waals surface area contributed by atoms with E-state index in [9.17, 15) is 4.79 Å². The minimum atomic E-state index is 0.0528. The van der Waals surface area contributed by atoms with Gasteiger partial charge < -0.3 is 9.30 Å². The Hall–Kier alpha value is -2.69. The molecule has 0 radical (unpaired) electrons. The van der Waals surface area contributed by atoms with Gasteiger partial charge in [0.15, 0.2) is 0 Å². The van der Waals surface area contributed by atoms with Crippen LogP contribution in [-0.2, 0) is 11.2 Å². The van der Waals surface area contributed by atoms with Crippen LogP contribution in [0.3, 0.4) is 0 Å². The van der Waals surface area contributed by atoms with E-state index in [1.165, 1.54) is 0 Å². The summed E-state index contributed by atoms with van der Waals surface area (Å²) in [5, 5.41) is 0. The molecule has 3 rings (SSSR count). The van der Waals surface area contributed by atoms with Crippen molar-refractivity contribution in [2.45, 2.75) is 45.6 Å². The minimum absolute atomic E-state index is 0.0528. The Morgan fingerprint density at radius 1 is 1.27 bits per heavy atom. The van der Waals surface area contributed by atoms with Gasteiger partial charge in [0, 0.05) is 31.8 Å². The van der Waals surface area contributed by atoms with E-state index in [4.69, 9.17) is 0 Å². The van der Waals surface area contributed by atoms with Gasteiger partial charge in [0.25, 0.3) is 0 Å². The molecule has 3 aromatic rings. The SMILES string of the molecule is CCCC[C@@H](c1cccnc1)N(C)C(=O)Cc1cnc2c(C)cccn12. The van der Waals surface area contributed by atoms with Crippen molar-refractivity contribution in [3.63, 3.8) is 0 Å². The van der Waals surface area contributed by atoms with Crippen molar-refractivity contribution in [3.05, 3.63) is 65.9 Å². The van der Waals surface area contributed by atoms with Crippen LogP contribution in [0.5, 0.6) is 0 Å². The van der Waals surface area contributed by atoms with Crippen LogP contribution >= 0.6 is 0 Å². The molecule has 0 saturated carbocycles. The number of hydrogen-bond donors (Lipinski definition) is 0. The summed E-state index contributed by atoms with van der Waals surface area (Å²) in [6.07, 6.45) is 10.9. The fourth-order valence-corrected chi connectivity index (χ4v) is 3.34. The highest BCUT2D eigenvalue weighted by Gasteiger charge is 2.22. The van der Waals surface area contributed by atoms with Crippen LogP contribution in [0.25, 0.3) is 5.65 Å². The Labute approximate surface area is 154 Å². The summed E-state index contributed by atoms with van der Waals surface area (Å²) >= 11 is 0. The fourth-order valence-electron chi connectivity index (χ4n) is 3.34. The van der Waals surface area contributed by atoms with Gasteiger partial charge in [-0.25, -0.2) is 4.98 Å². The number of hydrogen-bond acceptors (Lipinski definition) is 3. The summed E-state index contributed by atoms with van der Waals surface area (Å²) < 4.78 is 2.01. The van der Waals surface area contributed by atoms with E-state index in [2.05, 4.69) is 23.0 Å². The van der Waals surface area contributed by atoms with Gasteiger partial charge in [-0.15, -0.1) is 0 Å². The molecule has 0 aromatic carbocycles. The Bertz CT molecular complexity index is 872. The lowest BCUT2D eigenvalue weighted by Crippen LogP contribution is -2.32. The standard InChI is InChI=1S/C21H26N4O/c1-4-5-10-19(17-9-6-11-22-14-17)24(3)20(26)13-18-15-23-21-16(2)8-7-12-25(18)21/h6-9,11-12,14-15,19H,4-5,10,13H2,1-3H3/t19-/m0/s1. The average Bonchev–Trinajstić information content (AvgIpc) is 3.07. The highest BCUT2D eigenvalue weighted by molar-refractivity contribution is 5.79. The number of amides is 1. The molecule has 3 aromatic heterocycles. The first-order chi connectivity index (χ1) is 12.6. The number of unbranched alkanes of at least 4 members (excludes halogenated alkanes) is 1. The van der Waals surface area contributed by atoms with Crippen LogP contribution in [-0.4, -0.2) is 32.2 Å². The van der Waals surface area contributed by atoms with Crippen molar-refractivity contribution < 1.29 is 4.79 Å². The van der Waals surface area contributed by atoms with Gasteiger partial charge in [0.2, 0.25) is 5.91 Å². The van der Waals surface area contributed by atoms with Crippen LogP contribution in [0.2, 0.25) is 0 Å². The zero-order chi connectivity index (χ0) is 18.5. The number of rotatable bonds is 7. The molecule has 136 valence electrons. The maximum atomic E-state index is 13.0. The second-order valence-electron chi connectivity index (χ2n) is 6.76. The highest BCUT2D eigenvalue weighted by atomic mass is 16.2. The Morgan fingerprint density at radius 3 is 2.85 bits per heavy atom. The first-order valence-electron chi connectivity index (χ1n) is 9.19. The van der Waals surface area contributed by atoms with Crippen molar-refractivity contribution in [2.24, 2.45) is 0 Å². The molecule has 3 heterocycles. The summed E-state index contributed by atoms with van der Waals surface area (Å²) in [6.45, 7) is 4.20.